The lowest BCUT2D eigenvalue weighted by molar-refractivity contribution is -0.154. The second-order valence-corrected chi connectivity index (χ2v) is 6.88. The molecule has 5 nitrogen and oxygen atoms in total. The van der Waals surface area contributed by atoms with E-state index in [1.165, 1.54) is 18.2 Å². The molecule has 0 bridgehead atoms. The lowest BCUT2D eigenvalue weighted by atomic mass is 9.99. The first-order chi connectivity index (χ1) is 12.1. The zero-order valence-corrected chi connectivity index (χ0v) is 14.8. The topological polar surface area (TPSA) is 63.7 Å². The normalized spacial score (nSPS) is 19.4. The summed E-state index contributed by atoms with van der Waals surface area (Å²) in [6.45, 7) is 0.561. The fourth-order valence-electron chi connectivity index (χ4n) is 3.86. The SMILES string of the molecule is COC(=O)C1CCCCN1C(=O)CCC(=O)c1ccc2c(c1)CCC2. The van der Waals surface area contributed by atoms with Gasteiger partial charge in [-0.2, -0.15) is 0 Å². The minimum absolute atomic E-state index is 0.00493. The number of nitrogens with zero attached hydrogens (tertiary/aromatic N) is 1. The zero-order chi connectivity index (χ0) is 17.8. The van der Waals surface area contributed by atoms with E-state index >= 15 is 0 Å². The molecule has 0 saturated carbocycles. The number of amides is 1. The number of hydrogen-bond donors (Lipinski definition) is 0. The van der Waals surface area contributed by atoms with Crippen LogP contribution in [0.15, 0.2) is 18.2 Å². The van der Waals surface area contributed by atoms with Crippen molar-refractivity contribution in [2.75, 3.05) is 13.7 Å². The molecule has 25 heavy (non-hydrogen) atoms. The van der Waals surface area contributed by atoms with Crippen molar-refractivity contribution in [3.63, 3.8) is 0 Å². The molecule has 0 N–H and O–H groups in total. The summed E-state index contributed by atoms with van der Waals surface area (Å²) < 4.78 is 4.81. The van der Waals surface area contributed by atoms with Gasteiger partial charge < -0.3 is 9.64 Å². The van der Waals surface area contributed by atoms with Gasteiger partial charge in [-0.05, 0) is 55.7 Å². The lowest BCUT2D eigenvalue weighted by Crippen LogP contribution is -2.48. The molecule has 1 heterocycles. The number of ketones is 1. The van der Waals surface area contributed by atoms with Crippen molar-refractivity contribution < 1.29 is 19.1 Å². The van der Waals surface area contributed by atoms with Crippen molar-refractivity contribution in [3.8, 4) is 0 Å². The van der Waals surface area contributed by atoms with Crippen molar-refractivity contribution >= 4 is 17.7 Å². The van der Waals surface area contributed by atoms with Gasteiger partial charge in [-0.15, -0.1) is 0 Å². The number of rotatable bonds is 5. The van der Waals surface area contributed by atoms with Crippen LogP contribution in [0.4, 0.5) is 0 Å². The monoisotopic (exact) mass is 343 g/mol. The number of carbonyl (C=O) groups excluding carboxylic acids is 3. The number of hydrogen-bond acceptors (Lipinski definition) is 4. The van der Waals surface area contributed by atoms with Crippen LogP contribution in [-0.2, 0) is 27.2 Å². The summed E-state index contributed by atoms with van der Waals surface area (Å²) in [5, 5.41) is 0. The summed E-state index contributed by atoms with van der Waals surface area (Å²) in [6, 6.07) is 5.39. The second kappa shape index (κ2) is 7.81. The Morgan fingerprint density at radius 1 is 1.08 bits per heavy atom. The Labute approximate surface area is 148 Å². The summed E-state index contributed by atoms with van der Waals surface area (Å²) in [6.07, 6.45) is 6.03. The molecule has 1 aliphatic heterocycles. The average Bonchev–Trinajstić information content (AvgIpc) is 3.12. The van der Waals surface area contributed by atoms with E-state index in [1.54, 1.807) is 4.90 Å². The first-order valence-corrected chi connectivity index (χ1v) is 9.12. The van der Waals surface area contributed by atoms with Gasteiger partial charge in [0.2, 0.25) is 5.91 Å². The smallest absolute Gasteiger partial charge is 0.328 e. The van der Waals surface area contributed by atoms with E-state index in [1.807, 2.05) is 18.2 Å². The summed E-state index contributed by atoms with van der Waals surface area (Å²) in [5.74, 6) is -0.503. The predicted octanol–water partition coefficient (Wildman–Crippen LogP) is 2.69. The Bertz CT molecular complexity index is 682. The number of esters is 1. The van der Waals surface area contributed by atoms with Crippen LogP contribution in [0.3, 0.4) is 0 Å². The van der Waals surface area contributed by atoms with Gasteiger partial charge in [-0.1, -0.05) is 12.1 Å². The third-order valence-corrected chi connectivity index (χ3v) is 5.28. The number of fused-ring (bicyclic) bond motifs is 1. The Morgan fingerprint density at radius 3 is 2.68 bits per heavy atom. The number of piperidine rings is 1. The van der Waals surface area contributed by atoms with Crippen LogP contribution in [0.1, 0.15) is 60.0 Å². The van der Waals surface area contributed by atoms with E-state index in [9.17, 15) is 14.4 Å². The molecule has 3 rings (SSSR count). The fourth-order valence-corrected chi connectivity index (χ4v) is 3.86. The van der Waals surface area contributed by atoms with Crippen molar-refractivity contribution in [3.05, 3.63) is 34.9 Å². The molecule has 0 radical (unpaired) electrons. The van der Waals surface area contributed by atoms with Crippen LogP contribution in [0.5, 0.6) is 0 Å². The molecule has 1 amide bonds. The van der Waals surface area contributed by atoms with Crippen molar-refractivity contribution in [2.45, 2.75) is 57.4 Å². The van der Waals surface area contributed by atoms with Crippen LogP contribution in [0, 0.1) is 0 Å². The van der Waals surface area contributed by atoms with Crippen LogP contribution >= 0.6 is 0 Å². The number of methoxy groups -OCH3 is 1. The van der Waals surface area contributed by atoms with E-state index in [0.29, 0.717) is 18.5 Å². The largest absolute Gasteiger partial charge is 0.467 e. The maximum Gasteiger partial charge on any atom is 0.328 e. The second-order valence-electron chi connectivity index (χ2n) is 6.88. The molecule has 5 heteroatoms. The summed E-state index contributed by atoms with van der Waals surface area (Å²) >= 11 is 0. The quantitative estimate of drug-likeness (QED) is 0.609. The first kappa shape index (κ1) is 17.6. The number of carbonyl (C=O) groups is 3. The fraction of sp³-hybridized carbons (Fsp3) is 0.550. The Kier molecular flexibility index (Phi) is 5.51. The number of aryl methyl sites for hydroxylation is 2. The van der Waals surface area contributed by atoms with Crippen LogP contribution in [-0.4, -0.2) is 42.3 Å². The molecule has 134 valence electrons. The van der Waals surface area contributed by atoms with E-state index in [-0.39, 0.29) is 30.5 Å². The molecule has 1 unspecified atom stereocenters. The van der Waals surface area contributed by atoms with Gasteiger partial charge in [-0.3, -0.25) is 9.59 Å². The molecule has 1 aliphatic carbocycles. The van der Waals surface area contributed by atoms with E-state index in [0.717, 1.165) is 32.1 Å². The van der Waals surface area contributed by atoms with E-state index < -0.39 is 6.04 Å². The molecule has 1 atom stereocenters. The predicted molar refractivity (Wildman–Crippen MR) is 93.4 cm³/mol. The van der Waals surface area contributed by atoms with Gasteiger partial charge in [0.25, 0.3) is 0 Å². The number of likely N-dealkylation sites (tertiary alicyclic amines) is 1. The molecule has 0 spiro atoms. The molecule has 1 fully saturated rings. The third-order valence-electron chi connectivity index (χ3n) is 5.28. The van der Waals surface area contributed by atoms with Gasteiger partial charge in [0.05, 0.1) is 7.11 Å². The van der Waals surface area contributed by atoms with Gasteiger partial charge in [0.1, 0.15) is 6.04 Å². The highest BCUT2D eigenvalue weighted by molar-refractivity contribution is 5.98. The highest BCUT2D eigenvalue weighted by Gasteiger charge is 2.32. The van der Waals surface area contributed by atoms with E-state index in [2.05, 4.69) is 0 Å². The average molecular weight is 343 g/mol. The van der Waals surface area contributed by atoms with Gasteiger partial charge in [0, 0.05) is 24.9 Å². The van der Waals surface area contributed by atoms with Gasteiger partial charge >= 0.3 is 5.97 Å². The first-order valence-electron chi connectivity index (χ1n) is 9.12. The van der Waals surface area contributed by atoms with Crippen LogP contribution < -0.4 is 0 Å². The lowest BCUT2D eigenvalue weighted by Gasteiger charge is -2.33. The minimum Gasteiger partial charge on any atom is -0.467 e. The summed E-state index contributed by atoms with van der Waals surface area (Å²) in [4.78, 5) is 38.4. The standard InChI is InChI=1S/C20H25NO4/c1-25-20(24)17-7-2-3-12-21(17)19(23)11-10-18(22)16-9-8-14-5-4-6-15(14)13-16/h8-9,13,17H,2-7,10-12H2,1H3. The van der Waals surface area contributed by atoms with Gasteiger partial charge in [-0.25, -0.2) is 4.79 Å². The molecular weight excluding hydrogens is 318 g/mol. The number of Topliss-reactive ketones (excluding diaryl/α,β-unsaturated/α-hetero) is 1. The maximum atomic E-state index is 12.5. The molecule has 2 aliphatic rings. The molecule has 1 aromatic rings. The Balaban J connectivity index is 1.59. The molecule has 1 aromatic carbocycles. The summed E-state index contributed by atoms with van der Waals surface area (Å²) in [7, 11) is 1.34. The Morgan fingerprint density at radius 2 is 1.88 bits per heavy atom. The maximum absolute atomic E-state index is 12.5. The van der Waals surface area contributed by atoms with Crippen molar-refractivity contribution in [1.29, 1.82) is 0 Å². The molecular formula is C20H25NO4. The zero-order valence-electron chi connectivity index (χ0n) is 14.8. The van der Waals surface area contributed by atoms with Crippen molar-refractivity contribution in [1.82, 2.24) is 4.90 Å². The van der Waals surface area contributed by atoms with Crippen LogP contribution in [0.25, 0.3) is 0 Å². The van der Waals surface area contributed by atoms with Crippen LogP contribution in [0.2, 0.25) is 0 Å². The Hall–Kier alpha value is -2.17. The van der Waals surface area contributed by atoms with Gasteiger partial charge in [0.15, 0.2) is 5.78 Å². The third kappa shape index (κ3) is 3.91. The highest BCUT2D eigenvalue weighted by Crippen LogP contribution is 2.24. The molecule has 1 saturated heterocycles. The van der Waals surface area contributed by atoms with E-state index in [4.69, 9.17) is 4.74 Å². The number of benzene rings is 1. The summed E-state index contributed by atoms with van der Waals surface area (Å²) in [5.41, 5.74) is 3.29. The van der Waals surface area contributed by atoms with Crippen molar-refractivity contribution in [2.24, 2.45) is 0 Å². The molecule has 0 aromatic heterocycles. The highest BCUT2D eigenvalue weighted by atomic mass is 16.5. The minimum atomic E-state index is -0.499. The number of ether oxygens (including phenoxy) is 1.